The van der Waals surface area contributed by atoms with Crippen molar-refractivity contribution in [3.05, 3.63) is 59.4 Å². The molecule has 0 fully saturated rings. The van der Waals surface area contributed by atoms with Crippen LogP contribution in [0.25, 0.3) is 0 Å². The van der Waals surface area contributed by atoms with Crippen LogP contribution < -0.4 is 5.73 Å². The molecule has 2 aromatic rings. The predicted molar refractivity (Wildman–Crippen MR) is 82.3 cm³/mol. The van der Waals surface area contributed by atoms with Gasteiger partial charge in [-0.1, -0.05) is 24.3 Å². The second-order valence-electron chi connectivity index (χ2n) is 4.99. The van der Waals surface area contributed by atoms with Crippen molar-refractivity contribution < 1.29 is 18.3 Å². The quantitative estimate of drug-likeness (QED) is 0.839. The third kappa shape index (κ3) is 2.51. The zero-order valence-electron chi connectivity index (χ0n) is 11.9. The van der Waals surface area contributed by atoms with Crippen molar-refractivity contribution in [2.45, 2.75) is 17.4 Å². The Morgan fingerprint density at radius 1 is 1.22 bits per heavy atom. The third-order valence-electron chi connectivity index (χ3n) is 3.62. The molecular weight excluding hydrogens is 318 g/mol. The van der Waals surface area contributed by atoms with Gasteiger partial charge in [-0.3, -0.25) is 9.78 Å². The molecule has 2 heterocycles. The van der Waals surface area contributed by atoms with Crippen molar-refractivity contribution in [2.75, 3.05) is 0 Å². The molecule has 3 rings (SSSR count). The zero-order valence-corrected chi connectivity index (χ0v) is 12.7. The molecule has 7 nitrogen and oxygen atoms in total. The van der Waals surface area contributed by atoms with Gasteiger partial charge >= 0.3 is 0 Å². The molecule has 23 heavy (non-hydrogen) atoms. The number of nitrogens with two attached hydrogens (primary N) is 1. The number of hydrogen-bond donors (Lipinski definition) is 2. The Bertz CT molecular complexity index is 922. The van der Waals surface area contributed by atoms with E-state index in [1.165, 1.54) is 12.3 Å². The fraction of sp³-hybridized carbons (Fsp3) is 0.133. The standard InChI is InChI=1S/C15H13N3O4S/c16-15(20)14-12(13-9(8-19)4-3-7-17-13)10-5-1-2-6-11(10)23(21,22)18-14/h1-7,12,19H,8H2,(H2,16,20). The maximum Gasteiger partial charge on any atom is 0.283 e. The predicted octanol–water partition coefficient (Wildman–Crippen LogP) is 0.334. The highest BCUT2D eigenvalue weighted by Crippen LogP contribution is 2.36. The van der Waals surface area contributed by atoms with E-state index in [4.69, 9.17) is 5.73 Å². The number of amides is 1. The highest BCUT2D eigenvalue weighted by atomic mass is 32.2. The fourth-order valence-corrected chi connectivity index (χ4v) is 3.93. The Hall–Kier alpha value is -2.58. The summed E-state index contributed by atoms with van der Waals surface area (Å²) in [7, 11) is -4.00. The molecule has 0 saturated carbocycles. The number of benzene rings is 1. The smallest absolute Gasteiger partial charge is 0.283 e. The summed E-state index contributed by atoms with van der Waals surface area (Å²) in [6.07, 6.45) is 1.50. The summed E-state index contributed by atoms with van der Waals surface area (Å²) in [4.78, 5) is 16.0. The van der Waals surface area contributed by atoms with E-state index < -0.39 is 21.8 Å². The van der Waals surface area contributed by atoms with Crippen LogP contribution in [0.3, 0.4) is 0 Å². The van der Waals surface area contributed by atoms with E-state index in [-0.39, 0.29) is 17.2 Å². The summed E-state index contributed by atoms with van der Waals surface area (Å²) in [6, 6.07) is 9.52. The van der Waals surface area contributed by atoms with E-state index in [0.717, 1.165) is 0 Å². The number of carbonyl (C=O) groups is 1. The molecule has 1 aromatic heterocycles. The summed E-state index contributed by atoms with van der Waals surface area (Å²) >= 11 is 0. The van der Waals surface area contributed by atoms with E-state index in [0.29, 0.717) is 16.8 Å². The second-order valence-corrected chi connectivity index (χ2v) is 6.57. The van der Waals surface area contributed by atoms with Crippen LogP contribution in [0, 0.1) is 0 Å². The van der Waals surface area contributed by atoms with Gasteiger partial charge in [0.15, 0.2) is 0 Å². The molecule has 3 N–H and O–H groups in total. The molecule has 1 amide bonds. The molecule has 1 aliphatic heterocycles. The topological polar surface area (TPSA) is 123 Å². The lowest BCUT2D eigenvalue weighted by Gasteiger charge is -2.25. The average molecular weight is 331 g/mol. The van der Waals surface area contributed by atoms with Crippen molar-refractivity contribution >= 4 is 21.6 Å². The number of aromatic nitrogens is 1. The monoisotopic (exact) mass is 331 g/mol. The van der Waals surface area contributed by atoms with Crippen LogP contribution in [-0.2, 0) is 21.4 Å². The molecule has 1 atom stereocenters. The lowest BCUT2D eigenvalue weighted by molar-refractivity contribution is -0.112. The van der Waals surface area contributed by atoms with Crippen molar-refractivity contribution in [3.8, 4) is 0 Å². The minimum atomic E-state index is -4.00. The summed E-state index contributed by atoms with van der Waals surface area (Å²) in [6.45, 7) is -0.305. The molecule has 118 valence electrons. The van der Waals surface area contributed by atoms with Crippen molar-refractivity contribution in [1.29, 1.82) is 0 Å². The lowest BCUT2D eigenvalue weighted by atomic mass is 9.87. The molecule has 1 aromatic carbocycles. The van der Waals surface area contributed by atoms with Gasteiger partial charge in [-0.15, -0.1) is 0 Å². The number of primary amides is 1. The summed E-state index contributed by atoms with van der Waals surface area (Å²) in [5.74, 6) is -1.78. The number of pyridine rings is 1. The fourth-order valence-electron chi connectivity index (χ4n) is 2.64. The first kappa shape index (κ1) is 15.3. The molecule has 1 unspecified atom stereocenters. The minimum Gasteiger partial charge on any atom is -0.392 e. The van der Waals surface area contributed by atoms with E-state index in [1.54, 1.807) is 30.3 Å². The van der Waals surface area contributed by atoms with Gasteiger partial charge in [0.05, 0.1) is 23.1 Å². The molecule has 0 spiro atoms. The van der Waals surface area contributed by atoms with Crippen LogP contribution in [0.4, 0.5) is 0 Å². The van der Waals surface area contributed by atoms with Crippen molar-refractivity contribution in [2.24, 2.45) is 10.1 Å². The molecule has 0 saturated heterocycles. The van der Waals surface area contributed by atoms with Crippen LogP contribution in [0.5, 0.6) is 0 Å². The summed E-state index contributed by atoms with van der Waals surface area (Å²) in [5, 5.41) is 9.51. The minimum absolute atomic E-state index is 0.00421. The molecule has 8 heteroatoms. The van der Waals surface area contributed by atoms with Crippen LogP contribution >= 0.6 is 0 Å². The van der Waals surface area contributed by atoms with E-state index in [9.17, 15) is 18.3 Å². The number of sulfonamides is 1. The van der Waals surface area contributed by atoms with Gasteiger partial charge in [-0.2, -0.15) is 12.8 Å². The van der Waals surface area contributed by atoms with Crippen molar-refractivity contribution in [1.82, 2.24) is 4.98 Å². The summed E-state index contributed by atoms with van der Waals surface area (Å²) in [5.41, 5.74) is 6.23. The molecule has 1 aliphatic rings. The SMILES string of the molecule is NC(=O)C1=NS(=O)(=O)c2ccccc2C1c1ncccc1CO. The maximum atomic E-state index is 12.3. The van der Waals surface area contributed by atoms with Crippen LogP contribution in [0.15, 0.2) is 51.9 Å². The van der Waals surface area contributed by atoms with Gasteiger partial charge in [0.1, 0.15) is 5.71 Å². The highest BCUT2D eigenvalue weighted by Gasteiger charge is 2.37. The molecule has 0 bridgehead atoms. The average Bonchev–Trinajstić information content (AvgIpc) is 2.54. The van der Waals surface area contributed by atoms with Gasteiger partial charge in [0.2, 0.25) is 0 Å². The number of aliphatic hydroxyl groups is 1. The number of carbonyl (C=O) groups excluding carboxylic acids is 1. The van der Waals surface area contributed by atoms with Crippen LogP contribution in [0.1, 0.15) is 22.7 Å². The first-order chi connectivity index (χ1) is 11.0. The van der Waals surface area contributed by atoms with E-state index >= 15 is 0 Å². The maximum absolute atomic E-state index is 12.3. The number of nitrogens with zero attached hydrogens (tertiary/aromatic N) is 2. The number of rotatable bonds is 3. The Balaban J connectivity index is 2.35. The number of fused-ring (bicyclic) bond motifs is 1. The Morgan fingerprint density at radius 2 is 1.96 bits per heavy atom. The first-order valence-corrected chi connectivity index (χ1v) is 8.18. The third-order valence-corrected chi connectivity index (χ3v) is 4.99. The van der Waals surface area contributed by atoms with E-state index in [2.05, 4.69) is 9.38 Å². The van der Waals surface area contributed by atoms with Crippen LogP contribution in [0.2, 0.25) is 0 Å². The van der Waals surface area contributed by atoms with Crippen LogP contribution in [-0.4, -0.2) is 30.1 Å². The molecular formula is C15H13N3O4S. The zero-order chi connectivity index (χ0) is 16.6. The lowest BCUT2D eigenvalue weighted by Crippen LogP contribution is -2.35. The van der Waals surface area contributed by atoms with Gasteiger partial charge < -0.3 is 10.8 Å². The number of hydrogen-bond acceptors (Lipinski definition) is 5. The second kappa shape index (κ2) is 5.56. The normalized spacial score (nSPS) is 18.8. The van der Waals surface area contributed by atoms with Gasteiger partial charge in [0, 0.05) is 11.8 Å². The first-order valence-electron chi connectivity index (χ1n) is 6.74. The molecule has 0 aliphatic carbocycles. The Morgan fingerprint density at radius 3 is 2.65 bits per heavy atom. The largest absolute Gasteiger partial charge is 0.392 e. The molecule has 0 radical (unpaired) electrons. The van der Waals surface area contributed by atoms with Crippen molar-refractivity contribution in [3.63, 3.8) is 0 Å². The highest BCUT2D eigenvalue weighted by molar-refractivity contribution is 7.90. The van der Waals surface area contributed by atoms with Gasteiger partial charge in [0.25, 0.3) is 15.9 Å². The van der Waals surface area contributed by atoms with Gasteiger partial charge in [-0.05, 0) is 17.7 Å². The number of aliphatic hydroxyl groups excluding tert-OH is 1. The summed E-state index contributed by atoms with van der Waals surface area (Å²) < 4.78 is 28.1. The Labute approximate surface area is 132 Å². The Kier molecular flexibility index (Phi) is 3.70. The van der Waals surface area contributed by atoms with Gasteiger partial charge in [-0.25, -0.2) is 0 Å². The van der Waals surface area contributed by atoms with E-state index in [1.807, 2.05) is 0 Å².